The van der Waals surface area contributed by atoms with Gasteiger partial charge in [-0.05, 0) is 0 Å². The van der Waals surface area contributed by atoms with Crippen molar-refractivity contribution in [3.63, 3.8) is 0 Å². The molecule has 1 aromatic heterocycles. The predicted molar refractivity (Wildman–Crippen MR) is 59.9 cm³/mol. The summed E-state index contributed by atoms with van der Waals surface area (Å²) < 4.78 is 31.0. The van der Waals surface area contributed by atoms with Crippen LogP contribution < -0.4 is 5.32 Å². The molecule has 0 aromatic carbocycles. The van der Waals surface area contributed by atoms with Gasteiger partial charge in [0.25, 0.3) is 0 Å². The normalized spacial score (nSPS) is 17.1. The molecule has 0 saturated carbocycles. The van der Waals surface area contributed by atoms with Gasteiger partial charge in [0.2, 0.25) is 0 Å². The van der Waals surface area contributed by atoms with Gasteiger partial charge in [0, 0.05) is 32.2 Å². The van der Waals surface area contributed by atoms with E-state index in [1.807, 2.05) is 0 Å². The van der Waals surface area contributed by atoms with Crippen molar-refractivity contribution in [2.24, 2.45) is 0 Å². The first-order chi connectivity index (χ1) is 8.25. The van der Waals surface area contributed by atoms with E-state index in [0.717, 1.165) is 45.1 Å². The summed E-state index contributed by atoms with van der Waals surface area (Å²) in [5.74, 6) is -1.23. The summed E-state index contributed by atoms with van der Waals surface area (Å²) >= 11 is 0. The van der Waals surface area contributed by atoms with Crippen molar-refractivity contribution in [1.29, 1.82) is 0 Å². The average Bonchev–Trinajstić information content (AvgIpc) is 2.33. The number of morpholine rings is 1. The molecule has 0 aliphatic carbocycles. The number of ether oxygens (including phenoxy) is 1. The lowest BCUT2D eigenvalue weighted by Crippen LogP contribution is -2.39. The van der Waals surface area contributed by atoms with E-state index in [2.05, 4.69) is 15.2 Å². The molecular formula is C11H15F2N3O. The Morgan fingerprint density at radius 2 is 2.12 bits per heavy atom. The van der Waals surface area contributed by atoms with E-state index < -0.39 is 11.6 Å². The summed E-state index contributed by atoms with van der Waals surface area (Å²) in [4.78, 5) is 5.88. The third-order valence-electron chi connectivity index (χ3n) is 2.63. The van der Waals surface area contributed by atoms with Gasteiger partial charge in [-0.25, -0.2) is 13.8 Å². The van der Waals surface area contributed by atoms with Crippen LogP contribution in [0.15, 0.2) is 12.3 Å². The number of nitrogens with one attached hydrogen (secondary N) is 1. The third-order valence-corrected chi connectivity index (χ3v) is 2.63. The van der Waals surface area contributed by atoms with Gasteiger partial charge in [0.15, 0.2) is 11.6 Å². The number of pyridine rings is 1. The predicted octanol–water partition coefficient (Wildman–Crippen LogP) is 1.10. The molecule has 0 atom stereocenters. The summed E-state index contributed by atoms with van der Waals surface area (Å²) in [6.07, 6.45) is 1.00. The highest BCUT2D eigenvalue weighted by Crippen LogP contribution is 2.10. The molecule has 6 heteroatoms. The number of hydrogen-bond donors (Lipinski definition) is 1. The van der Waals surface area contributed by atoms with Crippen LogP contribution in [-0.4, -0.2) is 49.3 Å². The fourth-order valence-electron chi connectivity index (χ4n) is 1.70. The second kappa shape index (κ2) is 5.88. The van der Waals surface area contributed by atoms with E-state index >= 15 is 0 Å². The van der Waals surface area contributed by atoms with Crippen molar-refractivity contribution >= 4 is 5.82 Å². The minimum absolute atomic E-state index is 0.0969. The number of hydrogen-bond acceptors (Lipinski definition) is 4. The van der Waals surface area contributed by atoms with Gasteiger partial charge in [-0.1, -0.05) is 0 Å². The zero-order chi connectivity index (χ0) is 12.1. The Labute approximate surface area is 98.6 Å². The maximum atomic E-state index is 13.2. The molecule has 4 nitrogen and oxygen atoms in total. The fourth-order valence-corrected chi connectivity index (χ4v) is 1.70. The third kappa shape index (κ3) is 3.61. The average molecular weight is 243 g/mol. The van der Waals surface area contributed by atoms with E-state index in [-0.39, 0.29) is 5.82 Å². The molecule has 0 spiro atoms. The van der Waals surface area contributed by atoms with Gasteiger partial charge in [0.1, 0.15) is 5.82 Å². The topological polar surface area (TPSA) is 37.4 Å². The van der Waals surface area contributed by atoms with Crippen molar-refractivity contribution in [3.8, 4) is 0 Å². The molecule has 1 aromatic rings. The molecule has 0 amide bonds. The van der Waals surface area contributed by atoms with Gasteiger partial charge in [0.05, 0.1) is 19.4 Å². The monoisotopic (exact) mass is 243 g/mol. The van der Waals surface area contributed by atoms with E-state index in [0.29, 0.717) is 6.54 Å². The quantitative estimate of drug-likeness (QED) is 0.859. The summed E-state index contributed by atoms with van der Waals surface area (Å²) in [6, 6.07) is 0.823. The Morgan fingerprint density at radius 1 is 1.35 bits per heavy atom. The molecule has 17 heavy (non-hydrogen) atoms. The highest BCUT2D eigenvalue weighted by Gasteiger charge is 2.10. The van der Waals surface area contributed by atoms with E-state index in [1.54, 1.807) is 0 Å². The molecule has 1 N–H and O–H groups in total. The minimum atomic E-state index is -0.666. The zero-order valence-corrected chi connectivity index (χ0v) is 9.46. The highest BCUT2D eigenvalue weighted by molar-refractivity contribution is 5.35. The zero-order valence-electron chi connectivity index (χ0n) is 9.46. The second-order valence-electron chi connectivity index (χ2n) is 3.86. The largest absolute Gasteiger partial charge is 0.379 e. The minimum Gasteiger partial charge on any atom is -0.379 e. The van der Waals surface area contributed by atoms with Gasteiger partial charge < -0.3 is 10.1 Å². The molecule has 0 bridgehead atoms. The van der Waals surface area contributed by atoms with Gasteiger partial charge >= 0.3 is 0 Å². The smallest absolute Gasteiger partial charge is 0.168 e. The van der Waals surface area contributed by atoms with Crippen LogP contribution in [0, 0.1) is 11.6 Å². The Morgan fingerprint density at radius 3 is 2.82 bits per heavy atom. The standard InChI is InChI=1S/C11H15F2N3O/c12-9-7-10(13)11(15-8-9)14-1-2-16-3-5-17-6-4-16/h7-8H,1-6H2,(H,14,15). The summed E-state index contributed by atoms with van der Waals surface area (Å²) in [5.41, 5.74) is 0. The second-order valence-corrected chi connectivity index (χ2v) is 3.86. The Hall–Kier alpha value is -1.27. The van der Waals surface area contributed by atoms with Crippen LogP contribution in [0.2, 0.25) is 0 Å². The molecule has 1 aliphatic heterocycles. The van der Waals surface area contributed by atoms with Gasteiger partial charge in [-0.3, -0.25) is 4.90 Å². The Kier molecular flexibility index (Phi) is 4.22. The van der Waals surface area contributed by atoms with Crippen LogP contribution in [0.1, 0.15) is 0 Å². The van der Waals surface area contributed by atoms with Crippen molar-refractivity contribution in [3.05, 3.63) is 23.9 Å². The molecule has 1 aliphatic rings. The molecule has 1 saturated heterocycles. The van der Waals surface area contributed by atoms with E-state index in [9.17, 15) is 8.78 Å². The fraction of sp³-hybridized carbons (Fsp3) is 0.545. The van der Waals surface area contributed by atoms with E-state index in [1.165, 1.54) is 0 Å². The lowest BCUT2D eigenvalue weighted by Gasteiger charge is -2.26. The molecule has 2 rings (SSSR count). The number of halogens is 2. The summed E-state index contributed by atoms with van der Waals surface area (Å²) in [6.45, 7) is 4.63. The molecular weight excluding hydrogens is 228 g/mol. The molecule has 2 heterocycles. The Balaban J connectivity index is 1.77. The van der Waals surface area contributed by atoms with Crippen LogP contribution in [0.25, 0.3) is 0 Å². The van der Waals surface area contributed by atoms with E-state index in [4.69, 9.17) is 4.74 Å². The summed E-state index contributed by atoms with van der Waals surface area (Å²) in [5, 5.41) is 2.85. The van der Waals surface area contributed by atoms with Crippen LogP contribution in [0.3, 0.4) is 0 Å². The molecule has 0 radical (unpaired) electrons. The van der Waals surface area contributed by atoms with Crippen molar-refractivity contribution in [1.82, 2.24) is 9.88 Å². The maximum Gasteiger partial charge on any atom is 0.168 e. The lowest BCUT2D eigenvalue weighted by molar-refractivity contribution is 0.0398. The first-order valence-electron chi connectivity index (χ1n) is 5.61. The lowest BCUT2D eigenvalue weighted by atomic mass is 10.4. The van der Waals surface area contributed by atoms with Crippen LogP contribution >= 0.6 is 0 Å². The van der Waals surface area contributed by atoms with Crippen LogP contribution in [0.4, 0.5) is 14.6 Å². The Bertz CT molecular complexity index is 370. The number of aromatic nitrogens is 1. The number of rotatable bonds is 4. The maximum absolute atomic E-state index is 13.2. The van der Waals surface area contributed by atoms with Gasteiger partial charge in [-0.2, -0.15) is 0 Å². The number of nitrogens with zero attached hydrogens (tertiary/aromatic N) is 2. The van der Waals surface area contributed by atoms with Crippen LogP contribution in [0.5, 0.6) is 0 Å². The van der Waals surface area contributed by atoms with Crippen molar-refractivity contribution in [2.45, 2.75) is 0 Å². The van der Waals surface area contributed by atoms with Crippen molar-refractivity contribution < 1.29 is 13.5 Å². The van der Waals surface area contributed by atoms with Crippen LogP contribution in [-0.2, 0) is 4.74 Å². The molecule has 94 valence electrons. The first-order valence-corrected chi connectivity index (χ1v) is 5.61. The molecule has 0 unspecified atom stereocenters. The van der Waals surface area contributed by atoms with Gasteiger partial charge in [-0.15, -0.1) is 0 Å². The summed E-state index contributed by atoms with van der Waals surface area (Å²) in [7, 11) is 0. The van der Waals surface area contributed by atoms with Crippen molar-refractivity contribution in [2.75, 3.05) is 44.7 Å². The molecule has 1 fully saturated rings. The number of anilines is 1. The SMILES string of the molecule is Fc1cnc(NCCN2CCOCC2)c(F)c1. The highest BCUT2D eigenvalue weighted by atomic mass is 19.1. The first kappa shape index (κ1) is 12.2.